The zero-order valence-electron chi connectivity index (χ0n) is 11.8. The fourth-order valence-corrected chi connectivity index (χ4v) is 2.65. The van der Waals surface area contributed by atoms with Gasteiger partial charge in [-0.1, -0.05) is 24.4 Å². The molecule has 0 bridgehead atoms. The third-order valence-corrected chi connectivity index (χ3v) is 3.75. The summed E-state index contributed by atoms with van der Waals surface area (Å²) in [4.78, 5) is 14.9. The van der Waals surface area contributed by atoms with Gasteiger partial charge in [0, 0.05) is 23.7 Å². The number of thiocarbonyl (C=S) groups is 1. The molecule has 20 heavy (non-hydrogen) atoms. The Hall–Kier alpha value is -1.46. The van der Waals surface area contributed by atoms with Crippen LogP contribution in [0.15, 0.2) is 24.3 Å². The van der Waals surface area contributed by atoms with E-state index in [1.807, 2.05) is 13.0 Å². The SMILES string of the molecule is CC(CN1CCCC1)NC(=O)c1cccc(C(N)=S)c1. The van der Waals surface area contributed by atoms with Crippen LogP contribution in [0.3, 0.4) is 0 Å². The lowest BCUT2D eigenvalue weighted by Crippen LogP contribution is -2.41. The Balaban J connectivity index is 1.93. The molecule has 0 saturated carbocycles. The molecular formula is C15H21N3OS. The molecule has 1 aliphatic heterocycles. The number of hydrogen-bond donors (Lipinski definition) is 2. The highest BCUT2D eigenvalue weighted by atomic mass is 32.1. The van der Waals surface area contributed by atoms with Gasteiger partial charge in [0.15, 0.2) is 0 Å². The number of hydrogen-bond acceptors (Lipinski definition) is 3. The number of carbonyl (C=O) groups excluding carboxylic acids is 1. The van der Waals surface area contributed by atoms with Crippen LogP contribution in [0, 0.1) is 0 Å². The van der Waals surface area contributed by atoms with Crippen molar-refractivity contribution in [3.8, 4) is 0 Å². The summed E-state index contributed by atoms with van der Waals surface area (Å²) in [6.45, 7) is 5.21. The highest BCUT2D eigenvalue weighted by Crippen LogP contribution is 2.09. The first kappa shape index (κ1) is 14.9. The third-order valence-electron chi connectivity index (χ3n) is 3.52. The van der Waals surface area contributed by atoms with E-state index in [0.717, 1.165) is 25.2 Å². The highest BCUT2D eigenvalue weighted by molar-refractivity contribution is 7.80. The molecule has 3 N–H and O–H groups in total. The Morgan fingerprint density at radius 2 is 2.05 bits per heavy atom. The van der Waals surface area contributed by atoms with Crippen molar-refractivity contribution < 1.29 is 4.79 Å². The number of nitrogens with zero attached hydrogens (tertiary/aromatic N) is 1. The molecule has 2 rings (SSSR count). The molecule has 1 aromatic rings. The number of benzene rings is 1. The van der Waals surface area contributed by atoms with Crippen LogP contribution in [0.5, 0.6) is 0 Å². The van der Waals surface area contributed by atoms with Crippen LogP contribution in [0.2, 0.25) is 0 Å². The fraction of sp³-hybridized carbons (Fsp3) is 0.467. The van der Waals surface area contributed by atoms with Crippen molar-refractivity contribution >= 4 is 23.1 Å². The number of nitrogens with two attached hydrogens (primary N) is 1. The Bertz CT molecular complexity index is 498. The summed E-state index contributed by atoms with van der Waals surface area (Å²) in [5.74, 6) is -0.0743. The van der Waals surface area contributed by atoms with E-state index in [9.17, 15) is 4.79 Å². The molecule has 108 valence electrons. The predicted octanol–water partition coefficient (Wildman–Crippen LogP) is 1.53. The minimum atomic E-state index is -0.0743. The van der Waals surface area contributed by atoms with Gasteiger partial charge in [-0.2, -0.15) is 0 Å². The molecule has 1 atom stereocenters. The summed E-state index contributed by atoms with van der Waals surface area (Å²) >= 11 is 4.93. The Morgan fingerprint density at radius 3 is 2.70 bits per heavy atom. The first-order valence-corrected chi connectivity index (χ1v) is 7.40. The van der Waals surface area contributed by atoms with Gasteiger partial charge >= 0.3 is 0 Å². The zero-order valence-corrected chi connectivity index (χ0v) is 12.6. The monoisotopic (exact) mass is 291 g/mol. The van der Waals surface area contributed by atoms with E-state index in [-0.39, 0.29) is 11.9 Å². The van der Waals surface area contributed by atoms with Gasteiger partial charge in [0.05, 0.1) is 0 Å². The third kappa shape index (κ3) is 4.02. The van der Waals surface area contributed by atoms with Crippen LogP contribution in [0.4, 0.5) is 0 Å². The van der Waals surface area contributed by atoms with Gasteiger partial charge < -0.3 is 16.0 Å². The summed E-state index contributed by atoms with van der Waals surface area (Å²) in [7, 11) is 0. The van der Waals surface area contributed by atoms with Crippen molar-refractivity contribution in [2.24, 2.45) is 5.73 Å². The molecule has 0 aliphatic carbocycles. The van der Waals surface area contributed by atoms with Gasteiger partial charge in [-0.15, -0.1) is 0 Å². The number of likely N-dealkylation sites (tertiary alicyclic amines) is 1. The minimum Gasteiger partial charge on any atom is -0.389 e. The maximum Gasteiger partial charge on any atom is 0.251 e. The number of rotatable bonds is 5. The van der Waals surface area contributed by atoms with Crippen LogP contribution < -0.4 is 11.1 Å². The largest absolute Gasteiger partial charge is 0.389 e. The molecule has 1 unspecified atom stereocenters. The van der Waals surface area contributed by atoms with E-state index in [1.54, 1.807) is 18.2 Å². The lowest BCUT2D eigenvalue weighted by molar-refractivity contribution is 0.0932. The van der Waals surface area contributed by atoms with Crippen LogP contribution in [0.1, 0.15) is 35.7 Å². The molecular weight excluding hydrogens is 270 g/mol. The summed E-state index contributed by atoms with van der Waals surface area (Å²) in [5, 5.41) is 3.02. The molecule has 1 aliphatic rings. The Kier molecular flexibility index (Phi) is 5.09. The Morgan fingerprint density at radius 1 is 1.40 bits per heavy atom. The average molecular weight is 291 g/mol. The molecule has 0 radical (unpaired) electrons. The summed E-state index contributed by atoms with van der Waals surface area (Å²) in [6.07, 6.45) is 2.52. The molecule has 5 heteroatoms. The van der Waals surface area contributed by atoms with Gasteiger partial charge in [-0.05, 0) is 45.0 Å². The predicted molar refractivity (Wildman–Crippen MR) is 84.9 cm³/mol. The normalized spacial score (nSPS) is 16.9. The van der Waals surface area contributed by atoms with E-state index in [4.69, 9.17) is 18.0 Å². The van der Waals surface area contributed by atoms with E-state index in [2.05, 4.69) is 10.2 Å². The van der Waals surface area contributed by atoms with Crippen molar-refractivity contribution in [1.29, 1.82) is 0 Å². The van der Waals surface area contributed by atoms with Gasteiger partial charge in [0.1, 0.15) is 4.99 Å². The number of nitrogens with one attached hydrogen (secondary N) is 1. The van der Waals surface area contributed by atoms with Crippen LogP contribution in [-0.4, -0.2) is 41.5 Å². The van der Waals surface area contributed by atoms with Crippen LogP contribution in [0.25, 0.3) is 0 Å². The molecule has 1 aromatic carbocycles. The molecule has 0 spiro atoms. The molecule has 1 heterocycles. The second-order valence-corrected chi connectivity index (χ2v) is 5.77. The minimum absolute atomic E-state index is 0.0743. The first-order chi connectivity index (χ1) is 9.56. The molecule has 1 amide bonds. The lowest BCUT2D eigenvalue weighted by atomic mass is 10.1. The molecule has 0 aromatic heterocycles. The van der Waals surface area contributed by atoms with Crippen molar-refractivity contribution in [2.45, 2.75) is 25.8 Å². The maximum absolute atomic E-state index is 12.2. The van der Waals surface area contributed by atoms with Gasteiger partial charge in [0.25, 0.3) is 5.91 Å². The summed E-state index contributed by atoms with van der Waals surface area (Å²) in [5.41, 5.74) is 6.91. The van der Waals surface area contributed by atoms with Gasteiger partial charge in [-0.3, -0.25) is 4.79 Å². The number of carbonyl (C=O) groups is 1. The zero-order chi connectivity index (χ0) is 14.5. The average Bonchev–Trinajstić information content (AvgIpc) is 2.91. The van der Waals surface area contributed by atoms with Crippen molar-refractivity contribution in [2.75, 3.05) is 19.6 Å². The topological polar surface area (TPSA) is 58.4 Å². The van der Waals surface area contributed by atoms with Gasteiger partial charge in [-0.25, -0.2) is 0 Å². The lowest BCUT2D eigenvalue weighted by Gasteiger charge is -2.21. The van der Waals surface area contributed by atoms with E-state index in [1.165, 1.54) is 12.8 Å². The first-order valence-electron chi connectivity index (χ1n) is 6.99. The standard InChI is InChI=1S/C15H21N3OS/c1-11(10-18-7-2-3-8-18)17-15(19)13-6-4-5-12(9-13)14(16)20/h4-6,9,11H,2-3,7-8,10H2,1H3,(H2,16,20)(H,17,19). The van der Waals surface area contributed by atoms with E-state index in [0.29, 0.717) is 10.6 Å². The van der Waals surface area contributed by atoms with Crippen molar-refractivity contribution in [3.05, 3.63) is 35.4 Å². The smallest absolute Gasteiger partial charge is 0.251 e. The van der Waals surface area contributed by atoms with E-state index < -0.39 is 0 Å². The summed E-state index contributed by atoms with van der Waals surface area (Å²) in [6, 6.07) is 7.26. The van der Waals surface area contributed by atoms with Crippen molar-refractivity contribution in [3.63, 3.8) is 0 Å². The summed E-state index contributed by atoms with van der Waals surface area (Å²) < 4.78 is 0. The van der Waals surface area contributed by atoms with E-state index >= 15 is 0 Å². The fourth-order valence-electron chi connectivity index (χ4n) is 2.52. The van der Waals surface area contributed by atoms with Crippen LogP contribution >= 0.6 is 12.2 Å². The highest BCUT2D eigenvalue weighted by Gasteiger charge is 2.16. The van der Waals surface area contributed by atoms with Gasteiger partial charge in [0.2, 0.25) is 0 Å². The Labute approximate surface area is 125 Å². The van der Waals surface area contributed by atoms with Crippen LogP contribution in [-0.2, 0) is 0 Å². The molecule has 1 saturated heterocycles. The molecule has 1 fully saturated rings. The molecule has 4 nitrogen and oxygen atoms in total. The maximum atomic E-state index is 12.2. The second-order valence-electron chi connectivity index (χ2n) is 5.33. The number of amides is 1. The second kappa shape index (κ2) is 6.81. The van der Waals surface area contributed by atoms with Crippen molar-refractivity contribution in [1.82, 2.24) is 10.2 Å². The quantitative estimate of drug-likeness (QED) is 0.808.